The number of hydrogen-bond donors (Lipinski definition) is 1. The van der Waals surface area contributed by atoms with Crippen LogP contribution in [0.25, 0.3) is 11.1 Å². The molecule has 2 heterocycles. The topological polar surface area (TPSA) is 85.9 Å². The van der Waals surface area contributed by atoms with Crippen LogP contribution in [-0.4, -0.2) is 24.6 Å². The number of nitrogen functional groups attached to an aromatic ring is 1. The van der Waals surface area contributed by atoms with Crippen LogP contribution in [0.1, 0.15) is 0 Å². The highest BCUT2D eigenvalue weighted by molar-refractivity contribution is 7.90. The number of anilines is 1. The van der Waals surface area contributed by atoms with Crippen LogP contribution in [0.2, 0.25) is 0 Å². The number of aromatic nitrogens is 2. The Morgan fingerprint density at radius 2 is 1.88 bits per heavy atom. The van der Waals surface area contributed by atoms with Crippen molar-refractivity contribution in [2.45, 2.75) is 4.90 Å². The van der Waals surface area contributed by atoms with Crippen LogP contribution in [-0.2, 0) is 9.84 Å². The van der Waals surface area contributed by atoms with Gasteiger partial charge in [-0.05, 0) is 18.2 Å². The van der Waals surface area contributed by atoms with Gasteiger partial charge < -0.3 is 5.73 Å². The zero-order chi connectivity index (χ0) is 12.5. The molecular formula is C11H11N3O2S. The summed E-state index contributed by atoms with van der Waals surface area (Å²) in [6, 6.07) is 4.99. The normalized spacial score (nSPS) is 11.4. The fourth-order valence-electron chi connectivity index (χ4n) is 1.36. The lowest BCUT2D eigenvalue weighted by Crippen LogP contribution is -1.98. The molecule has 88 valence electrons. The molecule has 0 amide bonds. The van der Waals surface area contributed by atoms with E-state index in [9.17, 15) is 8.42 Å². The third-order valence-electron chi connectivity index (χ3n) is 2.26. The molecule has 0 saturated heterocycles. The lowest BCUT2D eigenvalue weighted by molar-refractivity contribution is 0.601. The number of hydrogen-bond acceptors (Lipinski definition) is 5. The summed E-state index contributed by atoms with van der Waals surface area (Å²) in [6.45, 7) is 0. The summed E-state index contributed by atoms with van der Waals surface area (Å²) in [7, 11) is -3.25. The Morgan fingerprint density at radius 1 is 1.12 bits per heavy atom. The summed E-state index contributed by atoms with van der Waals surface area (Å²) in [4.78, 5) is 8.05. The quantitative estimate of drug-likeness (QED) is 0.862. The van der Waals surface area contributed by atoms with Crippen molar-refractivity contribution in [3.05, 3.63) is 36.8 Å². The largest absolute Gasteiger partial charge is 0.384 e. The third kappa shape index (κ3) is 2.59. The molecule has 0 spiro atoms. The maximum Gasteiger partial charge on any atom is 0.177 e. The number of nitrogens with two attached hydrogens (primary N) is 1. The van der Waals surface area contributed by atoms with Crippen LogP contribution in [0, 0.1) is 0 Å². The lowest BCUT2D eigenvalue weighted by Gasteiger charge is -2.03. The van der Waals surface area contributed by atoms with Gasteiger partial charge in [0.25, 0.3) is 0 Å². The second-order valence-corrected chi connectivity index (χ2v) is 5.67. The minimum absolute atomic E-state index is 0.187. The predicted molar refractivity (Wildman–Crippen MR) is 65.0 cm³/mol. The van der Waals surface area contributed by atoms with E-state index in [1.165, 1.54) is 6.20 Å². The Morgan fingerprint density at radius 3 is 2.47 bits per heavy atom. The minimum atomic E-state index is -3.25. The first kappa shape index (κ1) is 11.5. The van der Waals surface area contributed by atoms with Gasteiger partial charge in [-0.2, -0.15) is 0 Å². The molecule has 2 rings (SSSR count). The van der Waals surface area contributed by atoms with Gasteiger partial charge in [0.1, 0.15) is 5.82 Å². The number of sulfone groups is 1. The van der Waals surface area contributed by atoms with Gasteiger partial charge in [-0.25, -0.2) is 13.4 Å². The van der Waals surface area contributed by atoms with Gasteiger partial charge in [0.05, 0.1) is 4.90 Å². The van der Waals surface area contributed by atoms with Crippen molar-refractivity contribution in [3.8, 4) is 11.1 Å². The van der Waals surface area contributed by atoms with Gasteiger partial charge in [-0.3, -0.25) is 4.98 Å². The summed E-state index contributed by atoms with van der Waals surface area (Å²) in [5.74, 6) is 0.418. The highest BCUT2D eigenvalue weighted by Crippen LogP contribution is 2.20. The monoisotopic (exact) mass is 249 g/mol. The van der Waals surface area contributed by atoms with Crippen molar-refractivity contribution in [1.29, 1.82) is 0 Å². The van der Waals surface area contributed by atoms with Crippen LogP contribution in [0.3, 0.4) is 0 Å². The van der Waals surface area contributed by atoms with E-state index in [-0.39, 0.29) is 4.90 Å². The lowest BCUT2D eigenvalue weighted by atomic mass is 10.1. The molecule has 0 aliphatic heterocycles. The van der Waals surface area contributed by atoms with Gasteiger partial charge in [-0.1, -0.05) is 0 Å². The van der Waals surface area contributed by atoms with Gasteiger partial charge in [0, 0.05) is 36.0 Å². The first-order valence-corrected chi connectivity index (χ1v) is 6.73. The molecule has 0 bridgehead atoms. The average molecular weight is 249 g/mol. The van der Waals surface area contributed by atoms with E-state index in [0.717, 1.165) is 11.8 Å². The highest BCUT2D eigenvalue weighted by Gasteiger charge is 2.09. The smallest absolute Gasteiger partial charge is 0.177 e. The maximum atomic E-state index is 11.4. The third-order valence-corrected chi connectivity index (χ3v) is 3.34. The van der Waals surface area contributed by atoms with Crippen molar-refractivity contribution in [2.75, 3.05) is 12.0 Å². The number of pyridine rings is 2. The molecule has 17 heavy (non-hydrogen) atoms. The Balaban J connectivity index is 2.50. The first-order valence-electron chi connectivity index (χ1n) is 4.84. The zero-order valence-corrected chi connectivity index (χ0v) is 9.98. The van der Waals surface area contributed by atoms with Crippen molar-refractivity contribution in [1.82, 2.24) is 9.97 Å². The van der Waals surface area contributed by atoms with Gasteiger partial charge >= 0.3 is 0 Å². The molecule has 5 nitrogen and oxygen atoms in total. The fraction of sp³-hybridized carbons (Fsp3) is 0.0909. The molecule has 0 aliphatic carbocycles. The number of rotatable bonds is 2. The molecule has 0 radical (unpaired) electrons. The van der Waals surface area contributed by atoms with Crippen LogP contribution >= 0.6 is 0 Å². The van der Waals surface area contributed by atoms with Gasteiger partial charge in [0.2, 0.25) is 0 Å². The van der Waals surface area contributed by atoms with E-state index < -0.39 is 9.84 Å². The zero-order valence-electron chi connectivity index (χ0n) is 9.16. The van der Waals surface area contributed by atoms with E-state index in [1.54, 1.807) is 30.6 Å². The molecule has 0 fully saturated rings. The summed E-state index contributed by atoms with van der Waals surface area (Å²) in [6.07, 6.45) is 5.64. The van der Waals surface area contributed by atoms with Crippen LogP contribution in [0.15, 0.2) is 41.7 Å². The molecule has 0 saturated carbocycles. The fourth-order valence-corrected chi connectivity index (χ4v) is 1.95. The maximum absolute atomic E-state index is 11.4. The molecule has 0 atom stereocenters. The first-order chi connectivity index (χ1) is 7.97. The summed E-state index contributed by atoms with van der Waals surface area (Å²) in [5, 5.41) is 0. The second kappa shape index (κ2) is 4.14. The van der Waals surface area contributed by atoms with E-state index in [4.69, 9.17) is 5.73 Å². The van der Waals surface area contributed by atoms with E-state index in [1.807, 2.05) is 0 Å². The van der Waals surface area contributed by atoms with E-state index in [0.29, 0.717) is 11.4 Å². The molecule has 0 aromatic carbocycles. The van der Waals surface area contributed by atoms with Crippen LogP contribution in [0.5, 0.6) is 0 Å². The molecule has 2 aromatic heterocycles. The molecule has 2 N–H and O–H groups in total. The Kier molecular flexibility index (Phi) is 2.81. The van der Waals surface area contributed by atoms with Crippen LogP contribution in [0.4, 0.5) is 5.82 Å². The molecule has 0 aliphatic rings. The average Bonchev–Trinajstić information content (AvgIpc) is 2.29. The van der Waals surface area contributed by atoms with Gasteiger partial charge in [-0.15, -0.1) is 0 Å². The van der Waals surface area contributed by atoms with Crippen molar-refractivity contribution >= 4 is 15.7 Å². The molecular weight excluding hydrogens is 238 g/mol. The molecule has 2 aromatic rings. The summed E-state index contributed by atoms with van der Waals surface area (Å²) >= 11 is 0. The highest BCUT2D eigenvalue weighted by atomic mass is 32.2. The Labute approximate surface area is 99.3 Å². The molecule has 6 heteroatoms. The molecule has 0 unspecified atom stereocenters. The van der Waals surface area contributed by atoms with Crippen molar-refractivity contribution in [2.24, 2.45) is 0 Å². The van der Waals surface area contributed by atoms with Gasteiger partial charge in [0.15, 0.2) is 9.84 Å². The Hall–Kier alpha value is -1.95. The summed E-state index contributed by atoms with van der Waals surface area (Å²) in [5.41, 5.74) is 6.95. The predicted octanol–water partition coefficient (Wildman–Crippen LogP) is 1.13. The van der Waals surface area contributed by atoms with E-state index >= 15 is 0 Å². The standard InChI is InChI=1S/C11H11N3O2S/c1-17(15,16)10-4-9(5-13-7-10)8-2-3-11(12)14-6-8/h2-7H,1H3,(H2,12,14). The van der Waals surface area contributed by atoms with E-state index in [2.05, 4.69) is 9.97 Å². The summed E-state index contributed by atoms with van der Waals surface area (Å²) < 4.78 is 22.8. The minimum Gasteiger partial charge on any atom is -0.384 e. The van der Waals surface area contributed by atoms with Crippen molar-refractivity contribution < 1.29 is 8.42 Å². The Bertz CT molecular complexity index is 636. The van der Waals surface area contributed by atoms with Crippen LogP contribution < -0.4 is 5.73 Å². The number of nitrogens with zero attached hydrogens (tertiary/aromatic N) is 2. The SMILES string of the molecule is CS(=O)(=O)c1cncc(-c2ccc(N)nc2)c1. The second-order valence-electron chi connectivity index (χ2n) is 3.65. The van der Waals surface area contributed by atoms with Crippen molar-refractivity contribution in [3.63, 3.8) is 0 Å².